The number of piperidine rings is 1. The molecule has 35 heavy (non-hydrogen) atoms. The fourth-order valence-corrected chi connectivity index (χ4v) is 5.36. The molecular weight excluding hydrogens is 458 g/mol. The number of hydrogen-bond donors (Lipinski definition) is 2. The zero-order valence-corrected chi connectivity index (χ0v) is 21.5. The molecule has 0 radical (unpaired) electrons. The standard InChI is InChI=1S/C26H37N7OS/c1-20-7-5-11-33(19-20)24-17-23(32-14-12-31(13-15-32)21-8-3-2-4-9-21)28-25(29-24)30-26(35)27-18-22-10-6-16-34-22/h2-4,8-9,17,20,22H,5-7,10-16,18-19H2,1H3,(H2,27,28,29,30,35)/t20-,22+/m1/s1. The van der Waals surface area contributed by atoms with E-state index in [2.05, 4.69) is 68.7 Å². The molecule has 0 spiro atoms. The summed E-state index contributed by atoms with van der Waals surface area (Å²) >= 11 is 5.57. The summed E-state index contributed by atoms with van der Waals surface area (Å²) in [5, 5.41) is 7.08. The number of hydrogen-bond acceptors (Lipinski definition) is 7. The lowest BCUT2D eigenvalue weighted by Crippen LogP contribution is -2.47. The molecule has 2 N–H and O–H groups in total. The van der Waals surface area contributed by atoms with Crippen LogP contribution in [0.4, 0.5) is 23.3 Å². The van der Waals surface area contributed by atoms with Crippen molar-refractivity contribution >= 4 is 40.6 Å². The number of rotatable bonds is 6. The number of thiocarbonyl (C=S) groups is 1. The third-order valence-corrected chi connectivity index (χ3v) is 7.39. The van der Waals surface area contributed by atoms with Crippen molar-refractivity contribution in [2.75, 3.05) is 72.4 Å². The van der Waals surface area contributed by atoms with Gasteiger partial charge in [-0.1, -0.05) is 25.1 Å². The second-order valence-corrected chi connectivity index (χ2v) is 10.3. The Kier molecular flexibility index (Phi) is 7.83. The van der Waals surface area contributed by atoms with Crippen molar-refractivity contribution in [2.24, 2.45) is 5.92 Å². The number of aromatic nitrogens is 2. The fraction of sp³-hybridized carbons (Fsp3) is 0.577. The van der Waals surface area contributed by atoms with Gasteiger partial charge in [0.1, 0.15) is 11.6 Å². The number of piperazine rings is 1. The second-order valence-electron chi connectivity index (χ2n) is 9.88. The Morgan fingerprint density at radius 3 is 2.43 bits per heavy atom. The van der Waals surface area contributed by atoms with Gasteiger partial charge in [0, 0.05) is 64.2 Å². The smallest absolute Gasteiger partial charge is 0.232 e. The predicted octanol–water partition coefficient (Wildman–Crippen LogP) is 3.50. The molecule has 8 nitrogen and oxygen atoms in total. The van der Waals surface area contributed by atoms with Crippen molar-refractivity contribution in [3.8, 4) is 0 Å². The molecule has 0 saturated carbocycles. The molecule has 188 valence electrons. The molecule has 0 aliphatic carbocycles. The highest BCUT2D eigenvalue weighted by atomic mass is 32.1. The zero-order valence-electron chi connectivity index (χ0n) is 20.7. The van der Waals surface area contributed by atoms with Crippen molar-refractivity contribution < 1.29 is 4.74 Å². The van der Waals surface area contributed by atoms with Crippen LogP contribution in [0.1, 0.15) is 32.6 Å². The van der Waals surface area contributed by atoms with Crippen molar-refractivity contribution in [1.82, 2.24) is 15.3 Å². The SMILES string of the molecule is C[C@@H]1CCCN(c2cc(N3CCN(c4ccccc4)CC3)nc(NC(=S)NC[C@@H]3CCCO3)n2)C1. The molecule has 2 aromatic rings. The summed E-state index contributed by atoms with van der Waals surface area (Å²) < 4.78 is 5.70. The third-order valence-electron chi connectivity index (χ3n) is 7.14. The van der Waals surface area contributed by atoms with E-state index >= 15 is 0 Å². The van der Waals surface area contributed by atoms with E-state index < -0.39 is 0 Å². The summed E-state index contributed by atoms with van der Waals surface area (Å²) in [6.07, 6.45) is 4.90. The normalized spacial score (nSPS) is 22.8. The lowest BCUT2D eigenvalue weighted by Gasteiger charge is -2.37. The van der Waals surface area contributed by atoms with E-state index in [4.69, 9.17) is 26.9 Å². The van der Waals surface area contributed by atoms with E-state index in [1.54, 1.807) is 0 Å². The molecule has 5 rings (SSSR count). The maximum atomic E-state index is 5.70. The van der Waals surface area contributed by atoms with Gasteiger partial charge in [0.15, 0.2) is 5.11 Å². The Morgan fingerprint density at radius 1 is 0.971 bits per heavy atom. The number of ether oxygens (including phenoxy) is 1. The van der Waals surface area contributed by atoms with Crippen LogP contribution in [0.15, 0.2) is 36.4 Å². The quantitative estimate of drug-likeness (QED) is 0.586. The van der Waals surface area contributed by atoms with Gasteiger partial charge >= 0.3 is 0 Å². The minimum atomic E-state index is 0.230. The Morgan fingerprint density at radius 2 is 1.71 bits per heavy atom. The maximum Gasteiger partial charge on any atom is 0.232 e. The Hall–Kier alpha value is -2.65. The molecule has 1 aromatic carbocycles. The summed E-state index contributed by atoms with van der Waals surface area (Å²) in [5.41, 5.74) is 1.28. The highest BCUT2D eigenvalue weighted by Crippen LogP contribution is 2.27. The van der Waals surface area contributed by atoms with Gasteiger partial charge in [-0.3, -0.25) is 0 Å². The Balaban J connectivity index is 1.29. The lowest BCUT2D eigenvalue weighted by atomic mass is 10.0. The van der Waals surface area contributed by atoms with Crippen molar-refractivity contribution in [3.05, 3.63) is 36.4 Å². The first kappa shape index (κ1) is 24.1. The maximum absolute atomic E-state index is 5.70. The summed E-state index contributed by atoms with van der Waals surface area (Å²) in [6.45, 7) is 9.70. The van der Waals surface area contributed by atoms with Gasteiger partial charge < -0.3 is 30.1 Å². The highest BCUT2D eigenvalue weighted by Gasteiger charge is 2.23. The van der Waals surface area contributed by atoms with Gasteiger partial charge in [0.25, 0.3) is 0 Å². The third kappa shape index (κ3) is 6.32. The van der Waals surface area contributed by atoms with Crippen molar-refractivity contribution in [2.45, 2.75) is 38.7 Å². The summed E-state index contributed by atoms with van der Waals surface area (Å²) in [7, 11) is 0. The van der Waals surface area contributed by atoms with Crippen molar-refractivity contribution in [1.29, 1.82) is 0 Å². The lowest BCUT2D eigenvalue weighted by molar-refractivity contribution is 0.114. The van der Waals surface area contributed by atoms with Crippen molar-refractivity contribution in [3.63, 3.8) is 0 Å². The number of para-hydroxylation sites is 1. The van der Waals surface area contributed by atoms with Gasteiger partial charge in [-0.25, -0.2) is 0 Å². The number of nitrogens with zero attached hydrogens (tertiary/aromatic N) is 5. The predicted molar refractivity (Wildman–Crippen MR) is 147 cm³/mol. The molecule has 0 bridgehead atoms. The average molecular weight is 496 g/mol. The van der Waals surface area contributed by atoms with Gasteiger partial charge in [0.05, 0.1) is 6.10 Å². The highest BCUT2D eigenvalue weighted by molar-refractivity contribution is 7.80. The van der Waals surface area contributed by atoms with Gasteiger partial charge in [-0.15, -0.1) is 0 Å². The molecule has 3 aliphatic rings. The second kappa shape index (κ2) is 11.4. The summed E-state index contributed by atoms with van der Waals surface area (Å²) in [5.74, 6) is 3.18. The molecule has 3 fully saturated rings. The van der Waals surface area contributed by atoms with Gasteiger partial charge in [-0.2, -0.15) is 9.97 Å². The van der Waals surface area contributed by atoms with E-state index in [1.165, 1.54) is 18.5 Å². The Bertz CT molecular complexity index is 977. The number of benzene rings is 1. The minimum Gasteiger partial charge on any atom is -0.376 e. The first-order chi connectivity index (χ1) is 17.1. The number of anilines is 4. The monoisotopic (exact) mass is 495 g/mol. The van der Waals surface area contributed by atoms with Crippen LogP contribution in [-0.4, -0.2) is 73.6 Å². The van der Waals surface area contributed by atoms with Crippen LogP contribution in [0.3, 0.4) is 0 Å². The zero-order chi connectivity index (χ0) is 24.0. The van der Waals surface area contributed by atoms with E-state index in [0.717, 1.165) is 70.4 Å². The van der Waals surface area contributed by atoms with Crippen LogP contribution in [-0.2, 0) is 4.74 Å². The van der Waals surface area contributed by atoms with Crippen LogP contribution < -0.4 is 25.3 Å². The first-order valence-electron chi connectivity index (χ1n) is 13.0. The van der Waals surface area contributed by atoms with Crippen LogP contribution in [0, 0.1) is 5.92 Å². The molecule has 3 aliphatic heterocycles. The minimum absolute atomic E-state index is 0.230. The van der Waals surface area contributed by atoms with Gasteiger partial charge in [0.2, 0.25) is 5.95 Å². The summed E-state index contributed by atoms with van der Waals surface area (Å²) in [4.78, 5) is 17.0. The average Bonchev–Trinajstić information content (AvgIpc) is 3.42. The Labute approximate surface area is 214 Å². The van der Waals surface area contributed by atoms with E-state index in [9.17, 15) is 0 Å². The first-order valence-corrected chi connectivity index (χ1v) is 13.4. The number of nitrogens with one attached hydrogen (secondary N) is 2. The van der Waals surface area contributed by atoms with Crippen LogP contribution >= 0.6 is 12.2 Å². The molecule has 2 atom stereocenters. The molecular formula is C26H37N7OS. The largest absolute Gasteiger partial charge is 0.376 e. The molecule has 0 amide bonds. The van der Waals surface area contributed by atoms with Crippen LogP contribution in [0.2, 0.25) is 0 Å². The molecule has 9 heteroatoms. The molecule has 4 heterocycles. The molecule has 1 aromatic heterocycles. The molecule has 3 saturated heterocycles. The fourth-order valence-electron chi connectivity index (χ4n) is 5.19. The molecule has 0 unspecified atom stereocenters. The van der Waals surface area contributed by atoms with E-state index in [-0.39, 0.29) is 6.10 Å². The van der Waals surface area contributed by atoms with E-state index in [0.29, 0.717) is 23.5 Å². The van der Waals surface area contributed by atoms with Crippen LogP contribution in [0.25, 0.3) is 0 Å². The van der Waals surface area contributed by atoms with E-state index in [1.807, 2.05) is 0 Å². The van der Waals surface area contributed by atoms with Gasteiger partial charge in [-0.05, 0) is 56.0 Å². The van der Waals surface area contributed by atoms with Crippen LogP contribution in [0.5, 0.6) is 0 Å². The summed E-state index contributed by atoms with van der Waals surface area (Å²) in [6, 6.07) is 12.8. The topological polar surface area (TPSA) is 68.8 Å².